The number of hydrogen-bond acceptors (Lipinski definition) is 3. The highest BCUT2D eigenvalue weighted by Gasteiger charge is 2.47. The summed E-state index contributed by atoms with van der Waals surface area (Å²) in [6.07, 6.45) is 2.70. The van der Waals surface area contributed by atoms with Crippen LogP contribution >= 0.6 is 0 Å². The van der Waals surface area contributed by atoms with Crippen molar-refractivity contribution in [2.45, 2.75) is 26.3 Å². The van der Waals surface area contributed by atoms with Crippen molar-refractivity contribution < 1.29 is 9.53 Å². The van der Waals surface area contributed by atoms with Gasteiger partial charge in [-0.25, -0.2) is 4.79 Å². The fraction of sp³-hybridized carbons (Fsp3) is 0.500. The molecule has 1 aliphatic carbocycles. The summed E-state index contributed by atoms with van der Waals surface area (Å²) in [4.78, 5) is 23.4. The third-order valence-corrected chi connectivity index (χ3v) is 3.18. The second-order valence-electron chi connectivity index (χ2n) is 4.83. The van der Waals surface area contributed by atoms with Crippen molar-refractivity contribution in [1.82, 2.24) is 4.57 Å². The highest BCUT2D eigenvalue weighted by molar-refractivity contribution is 5.88. The molecule has 1 heterocycles. The van der Waals surface area contributed by atoms with E-state index in [9.17, 15) is 9.59 Å². The molecular weight excluding hydrogens is 206 g/mol. The molecule has 4 heteroatoms. The molecule has 1 fully saturated rings. The summed E-state index contributed by atoms with van der Waals surface area (Å²) < 4.78 is 6.20. The summed E-state index contributed by atoms with van der Waals surface area (Å²) in [5.41, 5.74) is -0.00362. The Morgan fingerprint density at radius 1 is 1.56 bits per heavy atom. The van der Waals surface area contributed by atoms with E-state index in [4.69, 9.17) is 0 Å². The molecule has 0 saturated heterocycles. The molecule has 0 aliphatic heterocycles. The number of aromatic nitrogens is 1. The SMILES string of the molecule is COC(=O)c1cccn(C2CC2(C)C)c1=O. The summed E-state index contributed by atoms with van der Waals surface area (Å²) in [7, 11) is 1.28. The van der Waals surface area contributed by atoms with Gasteiger partial charge in [-0.1, -0.05) is 13.8 Å². The van der Waals surface area contributed by atoms with Crippen molar-refractivity contribution in [3.05, 3.63) is 34.2 Å². The Kier molecular flexibility index (Phi) is 2.37. The van der Waals surface area contributed by atoms with Crippen molar-refractivity contribution in [2.24, 2.45) is 5.41 Å². The molecule has 0 bridgehead atoms. The van der Waals surface area contributed by atoms with E-state index in [2.05, 4.69) is 18.6 Å². The Balaban J connectivity index is 2.43. The van der Waals surface area contributed by atoms with Crippen LogP contribution in [-0.4, -0.2) is 17.6 Å². The van der Waals surface area contributed by atoms with Crippen LogP contribution in [0.5, 0.6) is 0 Å². The van der Waals surface area contributed by atoms with Crippen molar-refractivity contribution in [1.29, 1.82) is 0 Å². The summed E-state index contributed by atoms with van der Waals surface area (Å²) in [6, 6.07) is 3.41. The predicted octanol–water partition coefficient (Wildman–Crippen LogP) is 1.61. The van der Waals surface area contributed by atoms with Crippen LogP contribution in [-0.2, 0) is 4.74 Å². The first kappa shape index (κ1) is 10.9. The van der Waals surface area contributed by atoms with Crippen LogP contribution in [0, 0.1) is 5.41 Å². The van der Waals surface area contributed by atoms with Gasteiger partial charge in [0, 0.05) is 12.2 Å². The zero-order chi connectivity index (χ0) is 11.9. The Bertz CT molecular complexity index is 487. The molecule has 16 heavy (non-hydrogen) atoms. The maximum Gasteiger partial charge on any atom is 0.343 e. The van der Waals surface area contributed by atoms with Gasteiger partial charge in [0.2, 0.25) is 0 Å². The minimum absolute atomic E-state index is 0.104. The molecule has 1 aromatic heterocycles. The van der Waals surface area contributed by atoms with Crippen LogP contribution in [0.3, 0.4) is 0 Å². The number of methoxy groups -OCH3 is 1. The largest absolute Gasteiger partial charge is 0.465 e. The van der Waals surface area contributed by atoms with E-state index in [1.54, 1.807) is 16.8 Å². The third kappa shape index (κ3) is 1.64. The average Bonchev–Trinajstić information content (AvgIpc) is 2.87. The van der Waals surface area contributed by atoms with Crippen LogP contribution in [0.4, 0.5) is 0 Å². The third-order valence-electron chi connectivity index (χ3n) is 3.18. The zero-order valence-electron chi connectivity index (χ0n) is 9.69. The van der Waals surface area contributed by atoms with Gasteiger partial charge in [-0.3, -0.25) is 4.79 Å². The van der Waals surface area contributed by atoms with Gasteiger partial charge in [-0.2, -0.15) is 0 Å². The fourth-order valence-electron chi connectivity index (χ4n) is 1.94. The monoisotopic (exact) mass is 221 g/mol. The van der Waals surface area contributed by atoms with E-state index >= 15 is 0 Å². The van der Waals surface area contributed by atoms with E-state index in [-0.39, 0.29) is 22.6 Å². The average molecular weight is 221 g/mol. The molecule has 86 valence electrons. The van der Waals surface area contributed by atoms with E-state index in [0.29, 0.717) is 0 Å². The minimum atomic E-state index is -0.571. The minimum Gasteiger partial charge on any atom is -0.465 e. The van der Waals surface area contributed by atoms with Crippen LogP contribution < -0.4 is 5.56 Å². The van der Waals surface area contributed by atoms with Crippen LogP contribution in [0.1, 0.15) is 36.7 Å². The lowest BCUT2D eigenvalue weighted by Gasteiger charge is -2.08. The number of carbonyl (C=O) groups excluding carboxylic acids is 1. The van der Waals surface area contributed by atoms with Gasteiger partial charge in [0.25, 0.3) is 5.56 Å². The van der Waals surface area contributed by atoms with Gasteiger partial charge in [0.05, 0.1) is 7.11 Å². The molecule has 1 atom stereocenters. The Morgan fingerprint density at radius 3 is 2.69 bits per heavy atom. The molecule has 0 N–H and O–H groups in total. The first-order valence-corrected chi connectivity index (χ1v) is 5.27. The molecule has 0 aromatic carbocycles. The van der Waals surface area contributed by atoms with Gasteiger partial charge in [0.15, 0.2) is 0 Å². The van der Waals surface area contributed by atoms with E-state index in [1.165, 1.54) is 13.2 Å². The van der Waals surface area contributed by atoms with Crippen LogP contribution in [0.25, 0.3) is 0 Å². The van der Waals surface area contributed by atoms with E-state index in [0.717, 1.165) is 6.42 Å². The second kappa shape index (κ2) is 3.47. The number of rotatable bonds is 2. The lowest BCUT2D eigenvalue weighted by Crippen LogP contribution is -2.26. The zero-order valence-corrected chi connectivity index (χ0v) is 9.69. The first-order chi connectivity index (χ1) is 7.47. The molecular formula is C12H15NO3. The van der Waals surface area contributed by atoms with Crippen LogP contribution in [0.15, 0.2) is 23.1 Å². The number of ether oxygens (including phenoxy) is 1. The van der Waals surface area contributed by atoms with Gasteiger partial charge in [0.1, 0.15) is 5.56 Å². The standard InChI is InChI=1S/C12H15NO3/c1-12(2)7-9(12)13-6-4-5-8(10(13)14)11(15)16-3/h4-6,9H,7H2,1-3H3. The van der Waals surface area contributed by atoms with Crippen molar-refractivity contribution in [2.75, 3.05) is 7.11 Å². The normalized spacial score (nSPS) is 21.6. The topological polar surface area (TPSA) is 48.3 Å². The van der Waals surface area contributed by atoms with Crippen LogP contribution in [0.2, 0.25) is 0 Å². The van der Waals surface area contributed by atoms with Gasteiger partial charge < -0.3 is 9.30 Å². The van der Waals surface area contributed by atoms with Crippen molar-refractivity contribution >= 4 is 5.97 Å². The number of pyridine rings is 1. The highest BCUT2D eigenvalue weighted by Crippen LogP contribution is 2.54. The second-order valence-corrected chi connectivity index (χ2v) is 4.83. The summed E-state index contributed by atoms with van der Waals surface area (Å²) >= 11 is 0. The van der Waals surface area contributed by atoms with Gasteiger partial charge >= 0.3 is 5.97 Å². The lowest BCUT2D eigenvalue weighted by molar-refractivity contribution is 0.0598. The number of nitrogens with zero attached hydrogens (tertiary/aromatic N) is 1. The molecule has 1 saturated carbocycles. The maximum atomic E-state index is 12.0. The molecule has 4 nitrogen and oxygen atoms in total. The molecule has 1 aliphatic rings. The number of carbonyl (C=O) groups is 1. The molecule has 2 rings (SSSR count). The van der Waals surface area contributed by atoms with Gasteiger partial charge in [-0.15, -0.1) is 0 Å². The Morgan fingerprint density at radius 2 is 2.19 bits per heavy atom. The summed E-state index contributed by atoms with van der Waals surface area (Å²) in [5.74, 6) is -0.571. The molecule has 0 amide bonds. The van der Waals surface area contributed by atoms with Crippen molar-refractivity contribution in [3.63, 3.8) is 0 Å². The summed E-state index contributed by atoms with van der Waals surface area (Å²) in [5, 5.41) is 0. The molecule has 0 spiro atoms. The lowest BCUT2D eigenvalue weighted by atomic mass is 10.2. The smallest absolute Gasteiger partial charge is 0.343 e. The number of esters is 1. The Labute approximate surface area is 93.8 Å². The number of hydrogen-bond donors (Lipinski definition) is 0. The Hall–Kier alpha value is -1.58. The molecule has 0 radical (unpaired) electrons. The van der Waals surface area contributed by atoms with Crippen molar-refractivity contribution in [3.8, 4) is 0 Å². The quantitative estimate of drug-likeness (QED) is 0.713. The van der Waals surface area contributed by atoms with E-state index < -0.39 is 5.97 Å². The molecule has 1 aromatic rings. The predicted molar refractivity (Wildman–Crippen MR) is 59.5 cm³/mol. The van der Waals surface area contributed by atoms with Gasteiger partial charge in [-0.05, 0) is 24.0 Å². The maximum absolute atomic E-state index is 12.0. The van der Waals surface area contributed by atoms with E-state index in [1.807, 2.05) is 0 Å². The first-order valence-electron chi connectivity index (χ1n) is 5.27. The fourth-order valence-corrected chi connectivity index (χ4v) is 1.94. The summed E-state index contributed by atoms with van der Waals surface area (Å²) in [6.45, 7) is 4.21. The molecule has 1 unspecified atom stereocenters. The highest BCUT2D eigenvalue weighted by atomic mass is 16.5.